The Kier molecular flexibility index (Phi) is 3.32. The summed E-state index contributed by atoms with van der Waals surface area (Å²) in [5.74, 6) is 0.160. The molecule has 2 fully saturated rings. The van der Waals surface area contributed by atoms with Crippen molar-refractivity contribution >= 4 is 5.91 Å². The topological polar surface area (TPSA) is 59.0 Å². The number of imidazole rings is 1. The Morgan fingerprint density at radius 2 is 2.11 bits per heavy atom. The number of carbonyl (C=O) groups excluding carboxylic acids is 1. The standard InChI is InChI=1S/C13H20N4O/c18-13(16-11-3-4-11)5-6-17-9-14-7-12(17)8-15-10-1-2-10/h7,9-11,15H,1-6,8H2,(H,16,18). The molecule has 18 heavy (non-hydrogen) atoms. The van der Waals surface area contributed by atoms with Crippen LogP contribution in [0.25, 0.3) is 0 Å². The van der Waals surface area contributed by atoms with Gasteiger partial charge in [-0.1, -0.05) is 0 Å². The average Bonchev–Trinajstić information content (AvgIpc) is 3.27. The summed E-state index contributed by atoms with van der Waals surface area (Å²) in [7, 11) is 0. The van der Waals surface area contributed by atoms with Crippen LogP contribution in [0.15, 0.2) is 12.5 Å². The first-order chi connectivity index (χ1) is 8.81. The number of rotatable bonds is 7. The molecule has 0 radical (unpaired) electrons. The van der Waals surface area contributed by atoms with Crippen molar-refractivity contribution in [3.8, 4) is 0 Å². The van der Waals surface area contributed by atoms with Crippen molar-refractivity contribution in [2.75, 3.05) is 0 Å². The van der Waals surface area contributed by atoms with E-state index in [0.717, 1.165) is 25.9 Å². The van der Waals surface area contributed by atoms with Crippen molar-refractivity contribution in [1.29, 1.82) is 0 Å². The second-order valence-electron chi connectivity index (χ2n) is 5.33. The molecule has 2 N–H and O–H groups in total. The van der Waals surface area contributed by atoms with Crippen LogP contribution in [0.4, 0.5) is 0 Å². The first-order valence-electron chi connectivity index (χ1n) is 6.83. The normalized spacial score (nSPS) is 18.9. The van der Waals surface area contributed by atoms with Crippen molar-refractivity contribution in [3.63, 3.8) is 0 Å². The molecular weight excluding hydrogens is 228 g/mol. The van der Waals surface area contributed by atoms with E-state index in [1.807, 2.05) is 12.5 Å². The first kappa shape index (κ1) is 11.7. The monoisotopic (exact) mass is 248 g/mol. The molecule has 0 atom stereocenters. The summed E-state index contributed by atoms with van der Waals surface area (Å²) in [4.78, 5) is 15.8. The minimum atomic E-state index is 0.160. The van der Waals surface area contributed by atoms with Crippen LogP contribution in [-0.4, -0.2) is 27.5 Å². The lowest BCUT2D eigenvalue weighted by Crippen LogP contribution is -2.26. The fourth-order valence-electron chi connectivity index (χ4n) is 1.98. The predicted molar refractivity (Wildman–Crippen MR) is 67.9 cm³/mol. The third-order valence-corrected chi connectivity index (χ3v) is 3.47. The largest absolute Gasteiger partial charge is 0.353 e. The van der Waals surface area contributed by atoms with Crippen LogP contribution in [0.2, 0.25) is 0 Å². The molecule has 98 valence electrons. The summed E-state index contributed by atoms with van der Waals surface area (Å²) >= 11 is 0. The number of nitrogens with one attached hydrogen (secondary N) is 2. The van der Waals surface area contributed by atoms with E-state index in [0.29, 0.717) is 18.5 Å². The minimum absolute atomic E-state index is 0.160. The third kappa shape index (κ3) is 3.32. The van der Waals surface area contributed by atoms with Gasteiger partial charge in [-0.3, -0.25) is 4.79 Å². The van der Waals surface area contributed by atoms with Crippen molar-refractivity contribution in [3.05, 3.63) is 18.2 Å². The molecule has 0 aliphatic heterocycles. The Morgan fingerprint density at radius 3 is 2.83 bits per heavy atom. The van der Waals surface area contributed by atoms with Crippen LogP contribution in [0.3, 0.4) is 0 Å². The summed E-state index contributed by atoms with van der Waals surface area (Å²) in [5.41, 5.74) is 1.17. The highest BCUT2D eigenvalue weighted by Gasteiger charge is 2.23. The van der Waals surface area contributed by atoms with Gasteiger partial charge in [-0.25, -0.2) is 4.98 Å². The molecule has 2 aliphatic rings. The van der Waals surface area contributed by atoms with Crippen molar-refractivity contribution in [2.24, 2.45) is 0 Å². The molecule has 1 amide bonds. The van der Waals surface area contributed by atoms with Gasteiger partial charge < -0.3 is 15.2 Å². The SMILES string of the molecule is O=C(CCn1cncc1CNC1CC1)NC1CC1. The number of carbonyl (C=O) groups is 1. The minimum Gasteiger partial charge on any atom is -0.353 e. The van der Waals surface area contributed by atoms with Crippen LogP contribution in [0.5, 0.6) is 0 Å². The number of aryl methyl sites for hydroxylation is 1. The number of hydrogen-bond acceptors (Lipinski definition) is 3. The predicted octanol–water partition coefficient (Wildman–Crippen LogP) is 0.804. The summed E-state index contributed by atoms with van der Waals surface area (Å²) in [6.45, 7) is 1.58. The highest BCUT2D eigenvalue weighted by molar-refractivity contribution is 5.76. The van der Waals surface area contributed by atoms with Crippen molar-refractivity contribution in [2.45, 2.75) is 57.3 Å². The van der Waals surface area contributed by atoms with Gasteiger partial charge in [0, 0.05) is 37.8 Å². The lowest BCUT2D eigenvalue weighted by atomic mass is 10.3. The number of aromatic nitrogens is 2. The lowest BCUT2D eigenvalue weighted by molar-refractivity contribution is -0.121. The van der Waals surface area contributed by atoms with Crippen LogP contribution in [-0.2, 0) is 17.9 Å². The molecule has 3 rings (SSSR count). The zero-order valence-electron chi connectivity index (χ0n) is 10.6. The van der Waals surface area contributed by atoms with Gasteiger partial charge in [-0.05, 0) is 25.7 Å². The van der Waals surface area contributed by atoms with Crippen LogP contribution in [0, 0.1) is 0 Å². The second-order valence-corrected chi connectivity index (χ2v) is 5.33. The highest BCUT2D eigenvalue weighted by atomic mass is 16.1. The van der Waals surface area contributed by atoms with E-state index in [4.69, 9.17) is 0 Å². The Labute approximate surface area is 107 Å². The van der Waals surface area contributed by atoms with Crippen LogP contribution >= 0.6 is 0 Å². The van der Waals surface area contributed by atoms with E-state index in [-0.39, 0.29) is 5.91 Å². The molecule has 1 heterocycles. The quantitative estimate of drug-likeness (QED) is 0.750. The van der Waals surface area contributed by atoms with Gasteiger partial charge >= 0.3 is 0 Å². The van der Waals surface area contributed by atoms with Gasteiger partial charge in [0.1, 0.15) is 0 Å². The molecule has 5 nitrogen and oxygen atoms in total. The van der Waals surface area contributed by atoms with Crippen LogP contribution in [0.1, 0.15) is 37.8 Å². The van der Waals surface area contributed by atoms with Gasteiger partial charge in [0.05, 0.1) is 12.0 Å². The van der Waals surface area contributed by atoms with E-state index < -0.39 is 0 Å². The molecule has 1 aromatic heterocycles. The summed E-state index contributed by atoms with van der Waals surface area (Å²) in [5, 5.41) is 6.48. The van der Waals surface area contributed by atoms with Crippen molar-refractivity contribution in [1.82, 2.24) is 20.2 Å². The van der Waals surface area contributed by atoms with E-state index in [1.54, 1.807) is 0 Å². The molecule has 0 spiro atoms. The van der Waals surface area contributed by atoms with Gasteiger partial charge in [0.2, 0.25) is 5.91 Å². The number of amides is 1. The molecule has 0 bridgehead atoms. The Balaban J connectivity index is 1.45. The van der Waals surface area contributed by atoms with Gasteiger partial charge in [-0.2, -0.15) is 0 Å². The molecule has 0 aromatic carbocycles. The summed E-state index contributed by atoms with van der Waals surface area (Å²) in [6.07, 6.45) is 9.11. The Morgan fingerprint density at radius 1 is 1.33 bits per heavy atom. The zero-order valence-corrected chi connectivity index (χ0v) is 10.6. The maximum absolute atomic E-state index is 11.6. The average molecular weight is 248 g/mol. The molecule has 5 heteroatoms. The summed E-state index contributed by atoms with van der Waals surface area (Å²) < 4.78 is 2.07. The van der Waals surface area contributed by atoms with Gasteiger partial charge in [0.15, 0.2) is 0 Å². The second kappa shape index (κ2) is 5.10. The van der Waals surface area contributed by atoms with E-state index >= 15 is 0 Å². The maximum Gasteiger partial charge on any atom is 0.222 e. The summed E-state index contributed by atoms with van der Waals surface area (Å²) in [6, 6.07) is 1.16. The number of hydrogen-bond donors (Lipinski definition) is 2. The lowest BCUT2D eigenvalue weighted by Gasteiger charge is -2.09. The Bertz CT molecular complexity index is 420. The molecule has 2 saturated carbocycles. The van der Waals surface area contributed by atoms with E-state index in [9.17, 15) is 4.79 Å². The fraction of sp³-hybridized carbons (Fsp3) is 0.692. The zero-order chi connectivity index (χ0) is 12.4. The molecular formula is C13H20N4O. The first-order valence-corrected chi connectivity index (χ1v) is 6.83. The van der Waals surface area contributed by atoms with Crippen LogP contribution < -0.4 is 10.6 Å². The van der Waals surface area contributed by atoms with Crippen molar-refractivity contribution < 1.29 is 4.79 Å². The smallest absolute Gasteiger partial charge is 0.222 e. The maximum atomic E-state index is 11.6. The highest BCUT2D eigenvalue weighted by Crippen LogP contribution is 2.19. The van der Waals surface area contributed by atoms with E-state index in [2.05, 4.69) is 20.2 Å². The fourth-order valence-corrected chi connectivity index (χ4v) is 1.98. The number of nitrogens with zero attached hydrogens (tertiary/aromatic N) is 2. The van der Waals surface area contributed by atoms with Gasteiger partial charge in [-0.15, -0.1) is 0 Å². The molecule has 2 aliphatic carbocycles. The molecule has 0 unspecified atom stereocenters. The molecule has 0 saturated heterocycles. The van der Waals surface area contributed by atoms with E-state index in [1.165, 1.54) is 18.5 Å². The third-order valence-electron chi connectivity index (χ3n) is 3.47. The Hall–Kier alpha value is -1.36. The van der Waals surface area contributed by atoms with Gasteiger partial charge in [0.25, 0.3) is 0 Å². The molecule has 1 aromatic rings.